The van der Waals surface area contributed by atoms with Gasteiger partial charge in [0.25, 0.3) is 0 Å². The van der Waals surface area contributed by atoms with Crippen LogP contribution in [0.4, 0.5) is 5.69 Å². The molecule has 2 heterocycles. The maximum absolute atomic E-state index is 5.89. The number of benzene rings is 1. The van der Waals surface area contributed by atoms with Crippen LogP contribution in [-0.2, 0) is 5.33 Å². The molecule has 0 saturated heterocycles. The zero-order valence-electron chi connectivity index (χ0n) is 8.90. The number of aromatic amines is 1. The molecular weight excluding hydrogens is 282 g/mol. The first-order valence-electron chi connectivity index (χ1n) is 5.15. The average molecular weight is 292 g/mol. The first-order valence-corrected chi connectivity index (χ1v) is 6.27. The predicted molar refractivity (Wildman–Crippen MR) is 70.8 cm³/mol. The molecule has 86 valence electrons. The van der Waals surface area contributed by atoms with Crippen molar-refractivity contribution in [3.63, 3.8) is 0 Å². The summed E-state index contributed by atoms with van der Waals surface area (Å²) < 4.78 is 5.51. The summed E-state index contributed by atoms with van der Waals surface area (Å²) >= 11 is 3.44. The third-order valence-electron chi connectivity index (χ3n) is 2.70. The Kier molecular flexibility index (Phi) is 2.40. The summed E-state index contributed by atoms with van der Waals surface area (Å²) in [4.78, 5) is 0. The molecule has 0 aliphatic rings. The van der Waals surface area contributed by atoms with Crippen LogP contribution < -0.4 is 5.73 Å². The second-order valence-electron chi connectivity index (χ2n) is 3.81. The lowest BCUT2D eigenvalue weighted by Gasteiger charge is -2.03. The minimum atomic E-state index is 0.712. The van der Waals surface area contributed by atoms with Gasteiger partial charge < -0.3 is 10.2 Å². The van der Waals surface area contributed by atoms with Crippen LogP contribution >= 0.6 is 15.9 Å². The number of alkyl halides is 1. The number of aromatic nitrogens is 2. The average Bonchev–Trinajstić information content (AvgIpc) is 2.95. The Bertz CT molecular complexity index is 671. The molecule has 0 spiro atoms. The van der Waals surface area contributed by atoms with Crippen LogP contribution in [0.15, 0.2) is 35.1 Å². The molecule has 0 fully saturated rings. The van der Waals surface area contributed by atoms with E-state index in [4.69, 9.17) is 10.2 Å². The number of nitrogen functional groups attached to an aromatic ring is 1. The molecule has 0 amide bonds. The topological polar surface area (TPSA) is 67.8 Å². The Labute approximate surface area is 106 Å². The summed E-state index contributed by atoms with van der Waals surface area (Å²) in [5.41, 5.74) is 10.4. The first kappa shape index (κ1) is 10.4. The highest BCUT2D eigenvalue weighted by atomic mass is 79.9. The Hall–Kier alpha value is -1.75. The number of nitrogens with zero attached hydrogens (tertiary/aromatic N) is 1. The van der Waals surface area contributed by atoms with Gasteiger partial charge in [0, 0.05) is 27.5 Å². The lowest BCUT2D eigenvalue weighted by atomic mass is 10.1. The molecule has 0 aliphatic carbocycles. The third-order valence-corrected chi connectivity index (χ3v) is 3.31. The van der Waals surface area contributed by atoms with E-state index in [2.05, 4.69) is 26.1 Å². The van der Waals surface area contributed by atoms with Gasteiger partial charge in [0.2, 0.25) is 0 Å². The highest BCUT2D eigenvalue weighted by Crippen LogP contribution is 2.33. The monoisotopic (exact) mass is 291 g/mol. The molecule has 5 heteroatoms. The van der Waals surface area contributed by atoms with Crippen LogP contribution in [0.3, 0.4) is 0 Å². The van der Waals surface area contributed by atoms with Crippen molar-refractivity contribution < 1.29 is 4.42 Å². The number of rotatable bonds is 2. The minimum Gasteiger partial charge on any atom is -0.464 e. The second kappa shape index (κ2) is 3.92. The number of H-pyrrole nitrogens is 1. The molecule has 3 N–H and O–H groups in total. The quantitative estimate of drug-likeness (QED) is 0.562. The lowest BCUT2D eigenvalue weighted by Crippen LogP contribution is -1.89. The van der Waals surface area contributed by atoms with E-state index in [1.54, 1.807) is 12.5 Å². The van der Waals surface area contributed by atoms with E-state index in [0.29, 0.717) is 5.69 Å². The van der Waals surface area contributed by atoms with Crippen molar-refractivity contribution in [2.75, 3.05) is 5.73 Å². The van der Waals surface area contributed by atoms with Crippen LogP contribution in [0.1, 0.15) is 5.56 Å². The van der Waals surface area contributed by atoms with Crippen molar-refractivity contribution in [2.45, 2.75) is 5.33 Å². The number of nitrogens with two attached hydrogens (primary N) is 1. The van der Waals surface area contributed by atoms with Gasteiger partial charge >= 0.3 is 0 Å². The Morgan fingerprint density at radius 3 is 3.12 bits per heavy atom. The van der Waals surface area contributed by atoms with E-state index in [1.807, 2.05) is 18.2 Å². The Morgan fingerprint density at radius 1 is 1.41 bits per heavy atom. The summed E-state index contributed by atoms with van der Waals surface area (Å²) in [6, 6.07) is 5.69. The molecule has 0 radical (unpaired) electrons. The minimum absolute atomic E-state index is 0.712. The number of furan rings is 1. The smallest absolute Gasteiger partial charge is 0.143 e. The highest BCUT2D eigenvalue weighted by molar-refractivity contribution is 9.08. The summed E-state index contributed by atoms with van der Waals surface area (Å²) in [5, 5.41) is 8.77. The van der Waals surface area contributed by atoms with E-state index in [9.17, 15) is 0 Å². The molecule has 1 aromatic carbocycles. The van der Waals surface area contributed by atoms with Gasteiger partial charge in [-0.2, -0.15) is 5.10 Å². The Balaban J connectivity index is 2.32. The summed E-state index contributed by atoms with van der Waals surface area (Å²) in [5.74, 6) is 0. The number of anilines is 1. The van der Waals surface area contributed by atoms with Crippen molar-refractivity contribution in [1.29, 1.82) is 0 Å². The predicted octanol–water partition coefficient (Wildman–Crippen LogP) is 3.30. The molecule has 3 rings (SSSR count). The van der Waals surface area contributed by atoms with Crippen LogP contribution in [0.2, 0.25) is 0 Å². The van der Waals surface area contributed by atoms with E-state index in [-0.39, 0.29) is 0 Å². The summed E-state index contributed by atoms with van der Waals surface area (Å²) in [6.45, 7) is 0. The fourth-order valence-electron chi connectivity index (χ4n) is 1.94. The standard InChI is InChI=1S/C12H10BrN3O/c13-5-8-6-15-16-11(8)10-4-9(14)3-7-1-2-17-12(7)10/h1-4,6H,5,14H2,(H,15,16). The first-order chi connectivity index (χ1) is 8.29. The maximum Gasteiger partial charge on any atom is 0.143 e. The molecule has 4 nitrogen and oxygen atoms in total. The van der Waals surface area contributed by atoms with Crippen molar-refractivity contribution in [1.82, 2.24) is 10.2 Å². The van der Waals surface area contributed by atoms with Gasteiger partial charge in [-0.1, -0.05) is 15.9 Å². The van der Waals surface area contributed by atoms with Crippen molar-refractivity contribution >= 4 is 32.6 Å². The molecular formula is C12H10BrN3O. The second-order valence-corrected chi connectivity index (χ2v) is 4.37. The van der Waals surface area contributed by atoms with Gasteiger partial charge in [0.15, 0.2) is 0 Å². The van der Waals surface area contributed by atoms with Crippen molar-refractivity contribution in [2.24, 2.45) is 0 Å². The zero-order chi connectivity index (χ0) is 11.8. The van der Waals surface area contributed by atoms with Crippen molar-refractivity contribution in [3.05, 3.63) is 36.2 Å². The van der Waals surface area contributed by atoms with Crippen molar-refractivity contribution in [3.8, 4) is 11.3 Å². The Morgan fingerprint density at radius 2 is 2.29 bits per heavy atom. The number of fused-ring (bicyclic) bond motifs is 1. The van der Waals surface area contributed by atoms with Crippen LogP contribution in [0.25, 0.3) is 22.2 Å². The third kappa shape index (κ3) is 1.63. The fraction of sp³-hybridized carbons (Fsp3) is 0.0833. The summed E-state index contributed by atoms with van der Waals surface area (Å²) in [7, 11) is 0. The van der Waals surface area contributed by atoms with Gasteiger partial charge in [-0.05, 0) is 18.2 Å². The molecule has 2 aromatic heterocycles. The number of nitrogens with one attached hydrogen (secondary N) is 1. The zero-order valence-corrected chi connectivity index (χ0v) is 10.5. The van der Waals surface area contributed by atoms with E-state index < -0.39 is 0 Å². The number of hydrogen-bond donors (Lipinski definition) is 2. The summed E-state index contributed by atoms with van der Waals surface area (Å²) in [6.07, 6.45) is 3.46. The van der Waals surface area contributed by atoms with Gasteiger partial charge in [-0.3, -0.25) is 5.10 Å². The van der Waals surface area contributed by atoms with E-state index in [0.717, 1.165) is 33.1 Å². The SMILES string of the molecule is Nc1cc(-c2[nH]ncc2CBr)c2occc2c1. The van der Waals surface area contributed by atoms with Gasteiger partial charge in [0.1, 0.15) is 5.58 Å². The number of halogens is 1. The molecule has 3 aromatic rings. The van der Waals surface area contributed by atoms with E-state index >= 15 is 0 Å². The van der Waals surface area contributed by atoms with Gasteiger partial charge in [-0.15, -0.1) is 0 Å². The number of hydrogen-bond acceptors (Lipinski definition) is 3. The maximum atomic E-state index is 5.89. The fourth-order valence-corrected chi connectivity index (χ4v) is 2.36. The molecule has 0 atom stereocenters. The highest BCUT2D eigenvalue weighted by Gasteiger charge is 2.13. The molecule has 17 heavy (non-hydrogen) atoms. The van der Waals surface area contributed by atoms with Crippen LogP contribution in [0, 0.1) is 0 Å². The molecule has 0 aliphatic heterocycles. The van der Waals surface area contributed by atoms with Crippen LogP contribution in [-0.4, -0.2) is 10.2 Å². The van der Waals surface area contributed by atoms with Crippen LogP contribution in [0.5, 0.6) is 0 Å². The molecule has 0 saturated carbocycles. The largest absolute Gasteiger partial charge is 0.464 e. The van der Waals surface area contributed by atoms with E-state index in [1.165, 1.54) is 0 Å². The van der Waals surface area contributed by atoms with Gasteiger partial charge in [-0.25, -0.2) is 0 Å². The molecule has 0 unspecified atom stereocenters. The lowest BCUT2D eigenvalue weighted by molar-refractivity contribution is 0.616. The molecule has 0 bridgehead atoms. The van der Waals surface area contributed by atoms with Gasteiger partial charge in [0.05, 0.1) is 18.2 Å². The normalized spacial score (nSPS) is 11.1.